The summed E-state index contributed by atoms with van der Waals surface area (Å²) in [6.45, 7) is 8.68. The zero-order chi connectivity index (χ0) is 16.1. The van der Waals surface area contributed by atoms with Crippen LogP contribution in [0.1, 0.15) is 29.7 Å². The Morgan fingerprint density at radius 1 is 1.41 bits per heavy atom. The van der Waals surface area contributed by atoms with Crippen LogP contribution in [0.4, 0.5) is 0 Å². The van der Waals surface area contributed by atoms with E-state index in [1.54, 1.807) is 11.0 Å². The highest BCUT2D eigenvalue weighted by Crippen LogP contribution is 2.11. The normalized spacial score (nSPS) is 17.3. The van der Waals surface area contributed by atoms with Gasteiger partial charge in [0.05, 0.1) is 6.42 Å². The molecule has 0 spiro atoms. The highest BCUT2D eigenvalue weighted by molar-refractivity contribution is 5.92. The van der Waals surface area contributed by atoms with Crippen LogP contribution in [0.5, 0.6) is 0 Å². The van der Waals surface area contributed by atoms with Gasteiger partial charge in [0.25, 0.3) is 5.91 Å². The number of likely N-dealkylation sites (N-methyl/N-ethyl adjacent to an activating group) is 1. The summed E-state index contributed by atoms with van der Waals surface area (Å²) in [5.74, 6) is 0.343. The smallest absolute Gasteiger partial charge is 0.275 e. The van der Waals surface area contributed by atoms with Gasteiger partial charge in [-0.05, 0) is 13.0 Å². The van der Waals surface area contributed by atoms with Gasteiger partial charge >= 0.3 is 0 Å². The van der Waals surface area contributed by atoms with E-state index in [1.165, 1.54) is 6.26 Å². The molecule has 1 amide bonds. The van der Waals surface area contributed by atoms with E-state index in [0.29, 0.717) is 25.4 Å². The van der Waals surface area contributed by atoms with Crippen molar-refractivity contribution in [3.8, 4) is 0 Å². The Hall–Kier alpha value is -1.95. The number of carbonyl (C=O) groups excluding carboxylic acids is 2. The van der Waals surface area contributed by atoms with Gasteiger partial charge in [-0.25, -0.2) is 4.98 Å². The first kappa shape index (κ1) is 16.4. The minimum absolute atomic E-state index is 0.0350. The van der Waals surface area contributed by atoms with Crippen molar-refractivity contribution < 1.29 is 14.0 Å². The van der Waals surface area contributed by atoms with E-state index >= 15 is 0 Å². The van der Waals surface area contributed by atoms with Crippen molar-refractivity contribution in [3.63, 3.8) is 0 Å². The van der Waals surface area contributed by atoms with Gasteiger partial charge in [0.15, 0.2) is 5.69 Å². The lowest BCUT2D eigenvalue weighted by Crippen LogP contribution is -2.47. The molecule has 1 aromatic heterocycles. The van der Waals surface area contributed by atoms with Crippen molar-refractivity contribution in [2.75, 3.05) is 33.2 Å². The Labute approximate surface area is 130 Å². The van der Waals surface area contributed by atoms with Crippen LogP contribution < -0.4 is 0 Å². The monoisotopic (exact) mass is 305 g/mol. The average Bonchev–Trinajstić information content (AvgIpc) is 2.95. The van der Waals surface area contributed by atoms with E-state index in [4.69, 9.17) is 4.42 Å². The molecule has 1 saturated heterocycles. The SMILES string of the molecule is C=CC(C)CC(=O)Cc1nc(C(=O)N2CCN(C)CC2)co1. The summed E-state index contributed by atoms with van der Waals surface area (Å²) >= 11 is 0. The first-order valence-corrected chi connectivity index (χ1v) is 7.56. The van der Waals surface area contributed by atoms with E-state index in [2.05, 4.69) is 16.5 Å². The molecule has 0 saturated carbocycles. The number of rotatable bonds is 6. The number of allylic oxidation sites excluding steroid dienone is 1. The van der Waals surface area contributed by atoms with Gasteiger partial charge in [0, 0.05) is 32.6 Å². The van der Waals surface area contributed by atoms with Gasteiger partial charge in [0.1, 0.15) is 12.0 Å². The summed E-state index contributed by atoms with van der Waals surface area (Å²) in [6, 6.07) is 0. The predicted molar refractivity (Wildman–Crippen MR) is 82.6 cm³/mol. The summed E-state index contributed by atoms with van der Waals surface area (Å²) in [7, 11) is 2.03. The third-order valence-corrected chi connectivity index (χ3v) is 3.86. The van der Waals surface area contributed by atoms with Crippen molar-refractivity contribution >= 4 is 11.7 Å². The number of carbonyl (C=O) groups is 2. The third kappa shape index (κ3) is 4.27. The standard InChI is InChI=1S/C16H23N3O3/c1-4-12(2)9-13(20)10-15-17-14(11-22-15)16(21)19-7-5-18(3)6-8-19/h4,11-12H,1,5-10H2,2-3H3. The molecule has 0 aliphatic carbocycles. The van der Waals surface area contributed by atoms with Gasteiger partial charge in [0.2, 0.25) is 5.89 Å². The number of oxazole rings is 1. The van der Waals surface area contributed by atoms with Crippen LogP contribution in [0.25, 0.3) is 0 Å². The molecule has 0 N–H and O–H groups in total. The second-order valence-electron chi connectivity index (χ2n) is 5.85. The molecule has 0 bridgehead atoms. The molecule has 2 heterocycles. The molecular formula is C16H23N3O3. The maximum Gasteiger partial charge on any atom is 0.275 e. The number of hydrogen-bond acceptors (Lipinski definition) is 5. The Kier molecular flexibility index (Phi) is 5.49. The molecule has 1 fully saturated rings. The molecule has 1 aliphatic heterocycles. The van der Waals surface area contributed by atoms with Crippen LogP contribution >= 0.6 is 0 Å². The number of nitrogens with zero attached hydrogens (tertiary/aromatic N) is 3. The van der Waals surface area contributed by atoms with Crippen LogP contribution in [0.2, 0.25) is 0 Å². The Balaban J connectivity index is 1.92. The molecule has 1 atom stereocenters. The van der Waals surface area contributed by atoms with E-state index in [-0.39, 0.29) is 29.7 Å². The zero-order valence-electron chi connectivity index (χ0n) is 13.2. The van der Waals surface area contributed by atoms with E-state index < -0.39 is 0 Å². The average molecular weight is 305 g/mol. The topological polar surface area (TPSA) is 66.7 Å². The Bertz CT molecular complexity index is 545. The fraction of sp³-hybridized carbons (Fsp3) is 0.562. The number of amides is 1. The van der Waals surface area contributed by atoms with E-state index in [0.717, 1.165) is 13.1 Å². The molecule has 6 nitrogen and oxygen atoms in total. The van der Waals surface area contributed by atoms with Crippen molar-refractivity contribution in [1.29, 1.82) is 0 Å². The first-order valence-electron chi connectivity index (χ1n) is 7.56. The van der Waals surface area contributed by atoms with Crippen LogP contribution in [0.3, 0.4) is 0 Å². The quantitative estimate of drug-likeness (QED) is 0.743. The molecule has 1 aromatic rings. The van der Waals surface area contributed by atoms with Crippen molar-refractivity contribution in [1.82, 2.24) is 14.8 Å². The van der Waals surface area contributed by atoms with Crippen LogP contribution in [-0.2, 0) is 11.2 Å². The van der Waals surface area contributed by atoms with Gasteiger partial charge in [-0.2, -0.15) is 0 Å². The van der Waals surface area contributed by atoms with Crippen LogP contribution in [0.15, 0.2) is 23.3 Å². The fourth-order valence-corrected chi connectivity index (χ4v) is 2.35. The summed E-state index contributed by atoms with van der Waals surface area (Å²) in [4.78, 5) is 32.3. The number of ketones is 1. The molecular weight excluding hydrogens is 282 g/mol. The van der Waals surface area contributed by atoms with Crippen molar-refractivity contribution in [3.05, 3.63) is 30.5 Å². The van der Waals surface area contributed by atoms with Gasteiger partial charge in [-0.1, -0.05) is 13.0 Å². The Morgan fingerprint density at radius 2 is 2.09 bits per heavy atom. The number of aromatic nitrogens is 1. The lowest BCUT2D eigenvalue weighted by atomic mass is 10.0. The van der Waals surface area contributed by atoms with Crippen molar-refractivity contribution in [2.45, 2.75) is 19.8 Å². The van der Waals surface area contributed by atoms with E-state index in [1.807, 2.05) is 14.0 Å². The molecule has 120 valence electrons. The largest absolute Gasteiger partial charge is 0.448 e. The lowest BCUT2D eigenvalue weighted by Gasteiger charge is -2.31. The maximum absolute atomic E-state index is 12.3. The Morgan fingerprint density at radius 3 is 2.73 bits per heavy atom. The molecule has 22 heavy (non-hydrogen) atoms. The molecule has 1 aliphatic rings. The maximum atomic E-state index is 12.3. The first-order chi connectivity index (χ1) is 10.5. The zero-order valence-corrected chi connectivity index (χ0v) is 13.2. The molecule has 0 radical (unpaired) electrons. The fourth-order valence-electron chi connectivity index (χ4n) is 2.35. The summed E-state index contributed by atoms with van der Waals surface area (Å²) in [5.41, 5.74) is 0.282. The van der Waals surface area contributed by atoms with Gasteiger partial charge in [-0.3, -0.25) is 9.59 Å². The number of hydrogen-bond donors (Lipinski definition) is 0. The predicted octanol–water partition coefficient (Wildman–Crippen LogP) is 1.39. The summed E-state index contributed by atoms with van der Waals surface area (Å²) < 4.78 is 5.27. The second kappa shape index (κ2) is 7.35. The summed E-state index contributed by atoms with van der Waals surface area (Å²) in [5, 5.41) is 0. The molecule has 6 heteroatoms. The van der Waals surface area contributed by atoms with Crippen LogP contribution in [-0.4, -0.2) is 59.7 Å². The molecule has 2 rings (SSSR count). The van der Waals surface area contributed by atoms with Gasteiger partial charge in [-0.15, -0.1) is 6.58 Å². The van der Waals surface area contributed by atoms with Gasteiger partial charge < -0.3 is 14.2 Å². The van der Waals surface area contributed by atoms with E-state index in [9.17, 15) is 9.59 Å². The lowest BCUT2D eigenvalue weighted by molar-refractivity contribution is -0.119. The highest BCUT2D eigenvalue weighted by Gasteiger charge is 2.23. The summed E-state index contributed by atoms with van der Waals surface area (Å²) in [6.07, 6.45) is 3.62. The highest BCUT2D eigenvalue weighted by atomic mass is 16.3. The minimum Gasteiger partial charge on any atom is -0.448 e. The second-order valence-corrected chi connectivity index (χ2v) is 5.85. The number of Topliss-reactive ketones (excluding diaryl/α,β-unsaturated/α-hetero) is 1. The minimum atomic E-state index is -0.130. The van der Waals surface area contributed by atoms with Crippen LogP contribution in [0, 0.1) is 5.92 Å². The van der Waals surface area contributed by atoms with Crippen molar-refractivity contribution in [2.24, 2.45) is 5.92 Å². The number of piperazine rings is 1. The third-order valence-electron chi connectivity index (χ3n) is 3.86. The molecule has 1 unspecified atom stereocenters. The molecule has 0 aromatic carbocycles.